The number of aryl methyl sites for hydroxylation is 1. The fourth-order valence-corrected chi connectivity index (χ4v) is 2.12. The molecule has 0 spiro atoms. The molecule has 1 aromatic heterocycles. The number of hydrogen-bond donors (Lipinski definition) is 2. The summed E-state index contributed by atoms with van der Waals surface area (Å²) < 4.78 is 5.44. The summed E-state index contributed by atoms with van der Waals surface area (Å²) in [7, 11) is 0. The maximum absolute atomic E-state index is 8.94. The molecule has 0 aliphatic rings. The zero-order chi connectivity index (χ0) is 13.7. The van der Waals surface area contributed by atoms with Crippen LogP contribution in [-0.4, -0.2) is 11.1 Å². The third kappa shape index (κ3) is 3.94. The molecular formula is C16H21NO2. The summed E-state index contributed by atoms with van der Waals surface area (Å²) >= 11 is 0. The summed E-state index contributed by atoms with van der Waals surface area (Å²) in [5.41, 5.74) is 2.70. The van der Waals surface area contributed by atoms with E-state index in [2.05, 4.69) is 43.4 Å². The van der Waals surface area contributed by atoms with Crippen molar-refractivity contribution in [2.75, 3.05) is 0 Å². The van der Waals surface area contributed by atoms with Crippen LogP contribution in [0.4, 0.5) is 0 Å². The number of nitrogens with one attached hydrogen (secondary N) is 1. The molecule has 0 aliphatic heterocycles. The van der Waals surface area contributed by atoms with E-state index in [0.29, 0.717) is 18.3 Å². The molecule has 0 radical (unpaired) electrons. The maximum Gasteiger partial charge on any atom is 0.129 e. The average molecular weight is 259 g/mol. The fraction of sp³-hybridized carbons (Fsp3) is 0.375. The Labute approximate surface area is 114 Å². The predicted molar refractivity (Wildman–Crippen MR) is 75.8 cm³/mol. The topological polar surface area (TPSA) is 45.4 Å². The van der Waals surface area contributed by atoms with E-state index in [4.69, 9.17) is 9.52 Å². The van der Waals surface area contributed by atoms with Crippen molar-refractivity contribution in [1.29, 1.82) is 0 Å². The second kappa shape index (κ2) is 6.55. The predicted octanol–water partition coefficient (Wildman–Crippen LogP) is 2.80. The van der Waals surface area contributed by atoms with Gasteiger partial charge in [-0.05, 0) is 43.5 Å². The van der Waals surface area contributed by atoms with Crippen LogP contribution in [0, 0.1) is 6.92 Å². The molecule has 1 heterocycles. The Bertz CT molecular complexity index is 519. The summed E-state index contributed by atoms with van der Waals surface area (Å²) in [4.78, 5) is 0. The van der Waals surface area contributed by atoms with Gasteiger partial charge in [0.05, 0.1) is 6.54 Å². The Morgan fingerprint density at radius 3 is 2.58 bits per heavy atom. The molecule has 102 valence electrons. The van der Waals surface area contributed by atoms with E-state index < -0.39 is 0 Å². The molecule has 2 N–H and O–H groups in total. The Hall–Kier alpha value is -1.58. The molecule has 2 rings (SSSR count). The van der Waals surface area contributed by atoms with E-state index in [1.165, 1.54) is 11.1 Å². The highest BCUT2D eigenvalue weighted by molar-refractivity contribution is 5.26. The van der Waals surface area contributed by atoms with Gasteiger partial charge in [0.2, 0.25) is 0 Å². The molecular weight excluding hydrogens is 238 g/mol. The molecule has 1 aromatic carbocycles. The average Bonchev–Trinajstić information content (AvgIpc) is 2.87. The van der Waals surface area contributed by atoms with Crippen LogP contribution in [0.2, 0.25) is 0 Å². The van der Waals surface area contributed by atoms with Crippen LogP contribution in [-0.2, 0) is 19.6 Å². The third-order valence-corrected chi connectivity index (χ3v) is 3.29. The van der Waals surface area contributed by atoms with Gasteiger partial charge in [-0.25, -0.2) is 0 Å². The highest BCUT2D eigenvalue weighted by Crippen LogP contribution is 2.11. The van der Waals surface area contributed by atoms with Crippen molar-refractivity contribution in [3.63, 3.8) is 0 Å². The largest absolute Gasteiger partial charge is 0.462 e. The van der Waals surface area contributed by atoms with Gasteiger partial charge in [0.15, 0.2) is 0 Å². The Balaban J connectivity index is 1.84. The first-order chi connectivity index (χ1) is 9.19. The fourth-order valence-electron chi connectivity index (χ4n) is 2.12. The first kappa shape index (κ1) is 13.8. The van der Waals surface area contributed by atoms with Crippen molar-refractivity contribution in [3.8, 4) is 0 Å². The smallest absolute Gasteiger partial charge is 0.129 e. The quantitative estimate of drug-likeness (QED) is 0.838. The van der Waals surface area contributed by atoms with Gasteiger partial charge in [0.25, 0.3) is 0 Å². The second-order valence-corrected chi connectivity index (χ2v) is 4.94. The number of aliphatic hydroxyl groups is 1. The van der Waals surface area contributed by atoms with Gasteiger partial charge in [-0.2, -0.15) is 0 Å². The molecule has 0 saturated carbocycles. The lowest BCUT2D eigenvalue weighted by Crippen LogP contribution is -2.27. The van der Waals surface area contributed by atoms with Gasteiger partial charge in [0.1, 0.15) is 18.1 Å². The van der Waals surface area contributed by atoms with E-state index >= 15 is 0 Å². The van der Waals surface area contributed by atoms with Crippen LogP contribution in [0.25, 0.3) is 0 Å². The first-order valence-corrected chi connectivity index (χ1v) is 6.65. The summed E-state index contributed by atoms with van der Waals surface area (Å²) in [6.07, 6.45) is 1.00. The number of hydrogen-bond acceptors (Lipinski definition) is 3. The number of aliphatic hydroxyl groups excluding tert-OH is 1. The van der Waals surface area contributed by atoms with Gasteiger partial charge in [-0.3, -0.25) is 0 Å². The molecule has 0 saturated heterocycles. The highest BCUT2D eigenvalue weighted by atomic mass is 16.4. The zero-order valence-electron chi connectivity index (χ0n) is 11.5. The molecule has 0 bridgehead atoms. The number of benzene rings is 1. The normalized spacial score (nSPS) is 12.6. The molecule has 1 unspecified atom stereocenters. The monoisotopic (exact) mass is 259 g/mol. The SMILES string of the molecule is Cc1ccccc1CC(C)NCc1ccc(CO)o1. The zero-order valence-corrected chi connectivity index (χ0v) is 11.5. The van der Waals surface area contributed by atoms with Gasteiger partial charge in [0, 0.05) is 6.04 Å². The lowest BCUT2D eigenvalue weighted by molar-refractivity contribution is 0.242. The van der Waals surface area contributed by atoms with Crippen molar-refractivity contribution >= 4 is 0 Å². The molecule has 3 heteroatoms. The van der Waals surface area contributed by atoms with Crippen LogP contribution in [0.5, 0.6) is 0 Å². The standard InChI is InChI=1S/C16H21NO2/c1-12-5-3-4-6-14(12)9-13(2)17-10-15-7-8-16(11-18)19-15/h3-8,13,17-18H,9-11H2,1-2H3. The molecule has 0 aliphatic carbocycles. The van der Waals surface area contributed by atoms with E-state index in [1.807, 2.05) is 12.1 Å². The molecule has 1 atom stereocenters. The van der Waals surface area contributed by atoms with E-state index in [0.717, 1.165) is 12.2 Å². The molecule has 3 nitrogen and oxygen atoms in total. The summed E-state index contributed by atoms with van der Waals surface area (Å²) in [6.45, 7) is 4.95. The summed E-state index contributed by atoms with van der Waals surface area (Å²) in [6, 6.07) is 12.5. The van der Waals surface area contributed by atoms with Crippen molar-refractivity contribution < 1.29 is 9.52 Å². The van der Waals surface area contributed by atoms with Crippen LogP contribution in [0.3, 0.4) is 0 Å². The highest BCUT2D eigenvalue weighted by Gasteiger charge is 2.07. The third-order valence-electron chi connectivity index (χ3n) is 3.29. The Kier molecular flexibility index (Phi) is 4.77. The number of rotatable bonds is 6. The van der Waals surface area contributed by atoms with E-state index in [-0.39, 0.29) is 6.61 Å². The molecule has 0 fully saturated rings. The minimum atomic E-state index is -0.0429. The minimum Gasteiger partial charge on any atom is -0.462 e. The van der Waals surface area contributed by atoms with Crippen LogP contribution >= 0.6 is 0 Å². The minimum absolute atomic E-state index is 0.0429. The summed E-state index contributed by atoms with van der Waals surface area (Å²) in [5, 5.41) is 12.4. The maximum atomic E-state index is 8.94. The van der Waals surface area contributed by atoms with Gasteiger partial charge in [-0.15, -0.1) is 0 Å². The lowest BCUT2D eigenvalue weighted by atomic mass is 10.0. The Morgan fingerprint density at radius 2 is 1.89 bits per heavy atom. The van der Waals surface area contributed by atoms with Gasteiger partial charge < -0.3 is 14.8 Å². The van der Waals surface area contributed by atoms with Crippen molar-refractivity contribution in [2.24, 2.45) is 0 Å². The van der Waals surface area contributed by atoms with Gasteiger partial charge in [-0.1, -0.05) is 24.3 Å². The lowest BCUT2D eigenvalue weighted by Gasteiger charge is -2.14. The second-order valence-electron chi connectivity index (χ2n) is 4.94. The molecule has 2 aromatic rings. The van der Waals surface area contributed by atoms with Crippen molar-refractivity contribution in [1.82, 2.24) is 5.32 Å². The summed E-state index contributed by atoms with van der Waals surface area (Å²) in [5.74, 6) is 1.48. The van der Waals surface area contributed by atoms with E-state index in [1.54, 1.807) is 0 Å². The van der Waals surface area contributed by atoms with E-state index in [9.17, 15) is 0 Å². The van der Waals surface area contributed by atoms with Crippen molar-refractivity contribution in [2.45, 2.75) is 39.5 Å². The Morgan fingerprint density at radius 1 is 1.16 bits per heavy atom. The van der Waals surface area contributed by atoms with Crippen molar-refractivity contribution in [3.05, 3.63) is 59.0 Å². The molecule has 19 heavy (non-hydrogen) atoms. The van der Waals surface area contributed by atoms with Crippen LogP contribution < -0.4 is 5.32 Å². The van der Waals surface area contributed by atoms with Crippen LogP contribution in [0.15, 0.2) is 40.8 Å². The first-order valence-electron chi connectivity index (χ1n) is 6.65. The number of furan rings is 1. The van der Waals surface area contributed by atoms with Gasteiger partial charge >= 0.3 is 0 Å². The molecule has 0 amide bonds. The van der Waals surface area contributed by atoms with Crippen LogP contribution in [0.1, 0.15) is 29.6 Å².